The Balaban J connectivity index is 1.43. The average molecular weight is 405 g/mol. The molecule has 2 aromatic rings. The zero-order valence-corrected chi connectivity index (χ0v) is 17.3. The van der Waals surface area contributed by atoms with Crippen molar-refractivity contribution in [2.45, 2.75) is 32.2 Å². The monoisotopic (exact) mass is 405 g/mol. The molecule has 0 aromatic heterocycles. The van der Waals surface area contributed by atoms with Gasteiger partial charge >= 0.3 is 0 Å². The molecule has 1 saturated carbocycles. The van der Waals surface area contributed by atoms with Crippen molar-refractivity contribution in [1.82, 2.24) is 10.2 Å². The van der Waals surface area contributed by atoms with Crippen LogP contribution < -0.4 is 10.2 Å². The molecule has 4 rings (SSSR count). The van der Waals surface area contributed by atoms with Gasteiger partial charge in [0.25, 0.3) is 11.8 Å². The Kier molecular flexibility index (Phi) is 5.84. The molecule has 0 spiro atoms. The molecule has 1 aliphatic carbocycles. The molecule has 30 heavy (non-hydrogen) atoms. The standard InChI is InChI=1S/C24H27N3O3/c1-26(23(29)18-11-12-18)21-10-3-2-9-20(21)22(28)25-16-17-7-6-8-19(15-17)24(30)27-13-4-5-14-27/h2-3,6-10,15,18H,4-5,11-14,16H2,1H3,(H,25,28). The van der Waals surface area contributed by atoms with E-state index in [4.69, 9.17) is 0 Å². The van der Waals surface area contributed by atoms with E-state index in [1.165, 1.54) is 0 Å². The minimum absolute atomic E-state index is 0.0474. The molecule has 1 heterocycles. The third-order valence-corrected chi connectivity index (χ3v) is 5.79. The van der Waals surface area contributed by atoms with E-state index in [1.807, 2.05) is 35.2 Å². The van der Waals surface area contributed by atoms with E-state index in [1.54, 1.807) is 30.1 Å². The number of hydrogen-bond donors (Lipinski definition) is 1. The van der Waals surface area contributed by atoms with Crippen LogP contribution in [0.2, 0.25) is 0 Å². The molecule has 0 unspecified atom stereocenters. The van der Waals surface area contributed by atoms with Gasteiger partial charge in [-0.15, -0.1) is 0 Å². The Bertz CT molecular complexity index is 962. The first kappa shape index (κ1) is 20.1. The number of hydrogen-bond acceptors (Lipinski definition) is 3. The molecule has 1 N–H and O–H groups in total. The first-order valence-corrected chi connectivity index (χ1v) is 10.6. The van der Waals surface area contributed by atoms with Crippen molar-refractivity contribution >= 4 is 23.4 Å². The minimum atomic E-state index is -0.239. The summed E-state index contributed by atoms with van der Waals surface area (Å²) in [5.41, 5.74) is 2.61. The number of carbonyl (C=O) groups is 3. The zero-order valence-electron chi connectivity index (χ0n) is 17.3. The van der Waals surface area contributed by atoms with Crippen molar-refractivity contribution in [2.75, 3.05) is 25.0 Å². The molecular weight excluding hydrogens is 378 g/mol. The smallest absolute Gasteiger partial charge is 0.253 e. The number of likely N-dealkylation sites (tertiary alicyclic amines) is 1. The van der Waals surface area contributed by atoms with Crippen LogP contribution in [0, 0.1) is 5.92 Å². The Morgan fingerprint density at radius 3 is 2.50 bits per heavy atom. The first-order chi connectivity index (χ1) is 14.5. The van der Waals surface area contributed by atoms with Crippen molar-refractivity contribution in [1.29, 1.82) is 0 Å². The SMILES string of the molecule is CN(C(=O)C1CC1)c1ccccc1C(=O)NCc1cccc(C(=O)N2CCCC2)c1. The molecule has 2 aromatic carbocycles. The molecule has 2 fully saturated rings. The maximum absolute atomic E-state index is 12.9. The van der Waals surface area contributed by atoms with Gasteiger partial charge in [0, 0.05) is 38.2 Å². The number of benzene rings is 2. The van der Waals surface area contributed by atoms with Crippen LogP contribution in [0.5, 0.6) is 0 Å². The van der Waals surface area contributed by atoms with E-state index in [0.717, 1.165) is 44.3 Å². The molecule has 1 aliphatic heterocycles. The predicted molar refractivity (Wildman–Crippen MR) is 115 cm³/mol. The topological polar surface area (TPSA) is 69.7 Å². The van der Waals surface area contributed by atoms with Gasteiger partial charge in [0.15, 0.2) is 0 Å². The minimum Gasteiger partial charge on any atom is -0.348 e. The van der Waals surface area contributed by atoms with Crippen LogP contribution in [-0.4, -0.2) is 42.8 Å². The van der Waals surface area contributed by atoms with Gasteiger partial charge in [0.1, 0.15) is 0 Å². The Morgan fingerprint density at radius 2 is 1.77 bits per heavy atom. The van der Waals surface area contributed by atoms with Gasteiger partial charge in [0.05, 0.1) is 11.3 Å². The molecule has 0 bridgehead atoms. The van der Waals surface area contributed by atoms with Crippen LogP contribution in [0.15, 0.2) is 48.5 Å². The molecule has 1 saturated heterocycles. The number of amides is 3. The van der Waals surface area contributed by atoms with Gasteiger partial charge in [-0.3, -0.25) is 14.4 Å². The van der Waals surface area contributed by atoms with Crippen LogP contribution in [0.1, 0.15) is 52.0 Å². The van der Waals surface area contributed by atoms with Crippen molar-refractivity contribution < 1.29 is 14.4 Å². The number of rotatable bonds is 6. The van der Waals surface area contributed by atoms with Gasteiger partial charge in [0.2, 0.25) is 5.91 Å². The van der Waals surface area contributed by atoms with Crippen molar-refractivity contribution in [3.8, 4) is 0 Å². The molecule has 6 nitrogen and oxygen atoms in total. The fraction of sp³-hybridized carbons (Fsp3) is 0.375. The van der Waals surface area contributed by atoms with Crippen LogP contribution >= 0.6 is 0 Å². The highest BCUT2D eigenvalue weighted by molar-refractivity contribution is 6.05. The largest absolute Gasteiger partial charge is 0.348 e. The maximum atomic E-state index is 12.9. The number of anilines is 1. The predicted octanol–water partition coefficient (Wildman–Crippen LogP) is 3.23. The number of nitrogens with one attached hydrogen (secondary N) is 1. The summed E-state index contributed by atoms with van der Waals surface area (Å²) in [5, 5.41) is 2.93. The van der Waals surface area contributed by atoms with E-state index in [2.05, 4.69) is 5.32 Å². The van der Waals surface area contributed by atoms with Crippen LogP contribution in [0.25, 0.3) is 0 Å². The second-order valence-corrected chi connectivity index (χ2v) is 8.07. The van der Waals surface area contributed by atoms with Gasteiger partial charge in [-0.25, -0.2) is 0 Å². The second-order valence-electron chi connectivity index (χ2n) is 8.07. The Labute approximate surface area is 176 Å². The molecular formula is C24H27N3O3. The summed E-state index contributed by atoms with van der Waals surface area (Å²) >= 11 is 0. The van der Waals surface area contributed by atoms with Gasteiger partial charge in [-0.1, -0.05) is 24.3 Å². The quantitative estimate of drug-likeness (QED) is 0.802. The summed E-state index contributed by atoms with van der Waals surface area (Å²) in [7, 11) is 1.72. The van der Waals surface area contributed by atoms with E-state index in [-0.39, 0.29) is 23.6 Å². The van der Waals surface area contributed by atoms with E-state index >= 15 is 0 Å². The molecule has 6 heteroatoms. The lowest BCUT2D eigenvalue weighted by Gasteiger charge is -2.20. The third kappa shape index (κ3) is 4.37. The van der Waals surface area contributed by atoms with Crippen LogP contribution in [0.4, 0.5) is 5.69 Å². The molecule has 0 radical (unpaired) electrons. The summed E-state index contributed by atoms with van der Waals surface area (Å²) in [5.74, 6) is -0.0473. The summed E-state index contributed by atoms with van der Waals surface area (Å²) in [6, 6.07) is 14.6. The summed E-state index contributed by atoms with van der Waals surface area (Å²) in [4.78, 5) is 41.3. The van der Waals surface area contributed by atoms with E-state index < -0.39 is 0 Å². The highest BCUT2D eigenvalue weighted by atomic mass is 16.2. The lowest BCUT2D eigenvalue weighted by atomic mass is 10.1. The lowest BCUT2D eigenvalue weighted by molar-refractivity contribution is -0.119. The fourth-order valence-corrected chi connectivity index (χ4v) is 3.88. The zero-order chi connectivity index (χ0) is 21.1. The van der Waals surface area contributed by atoms with Crippen molar-refractivity contribution in [2.24, 2.45) is 5.92 Å². The van der Waals surface area contributed by atoms with Gasteiger partial charge in [-0.2, -0.15) is 0 Å². The molecule has 0 atom stereocenters. The van der Waals surface area contributed by atoms with Crippen LogP contribution in [-0.2, 0) is 11.3 Å². The van der Waals surface area contributed by atoms with Crippen LogP contribution in [0.3, 0.4) is 0 Å². The first-order valence-electron chi connectivity index (χ1n) is 10.6. The summed E-state index contributed by atoms with van der Waals surface area (Å²) in [6.45, 7) is 1.93. The Morgan fingerprint density at radius 1 is 1.03 bits per heavy atom. The number of nitrogens with zero attached hydrogens (tertiary/aromatic N) is 2. The fourth-order valence-electron chi connectivity index (χ4n) is 3.88. The second kappa shape index (κ2) is 8.69. The van der Waals surface area contributed by atoms with E-state index in [9.17, 15) is 14.4 Å². The Hall–Kier alpha value is -3.15. The molecule has 156 valence electrons. The van der Waals surface area contributed by atoms with Gasteiger partial charge < -0.3 is 15.1 Å². The van der Waals surface area contributed by atoms with E-state index in [0.29, 0.717) is 23.4 Å². The highest BCUT2D eigenvalue weighted by Gasteiger charge is 2.33. The number of carbonyl (C=O) groups excluding carboxylic acids is 3. The summed E-state index contributed by atoms with van der Waals surface area (Å²) < 4.78 is 0. The summed E-state index contributed by atoms with van der Waals surface area (Å²) in [6.07, 6.45) is 3.95. The molecule has 3 amide bonds. The van der Waals surface area contributed by atoms with Crippen molar-refractivity contribution in [3.05, 3.63) is 65.2 Å². The third-order valence-electron chi connectivity index (χ3n) is 5.79. The highest BCUT2D eigenvalue weighted by Crippen LogP contribution is 2.33. The lowest BCUT2D eigenvalue weighted by Crippen LogP contribution is -2.31. The molecule has 2 aliphatic rings. The van der Waals surface area contributed by atoms with Crippen molar-refractivity contribution in [3.63, 3.8) is 0 Å². The average Bonchev–Trinajstić information content (AvgIpc) is 3.49. The number of para-hydroxylation sites is 1. The maximum Gasteiger partial charge on any atom is 0.253 e. The normalized spacial score (nSPS) is 15.7. The van der Waals surface area contributed by atoms with Gasteiger partial charge in [-0.05, 0) is 55.5 Å².